The van der Waals surface area contributed by atoms with E-state index in [2.05, 4.69) is 15.6 Å². The number of carbonyl (C=O) groups excluding carboxylic acids is 2. The molecule has 0 aliphatic heterocycles. The van der Waals surface area contributed by atoms with Crippen molar-refractivity contribution in [1.29, 1.82) is 0 Å². The molecule has 3 rings (SSSR count). The number of hydrogen-bond donors (Lipinski definition) is 3. The van der Waals surface area contributed by atoms with Gasteiger partial charge in [-0.2, -0.15) is 0 Å². The molecule has 0 saturated carbocycles. The van der Waals surface area contributed by atoms with Gasteiger partial charge in [0.25, 0.3) is 0 Å². The number of ketones is 1. The number of amides is 1. The highest BCUT2D eigenvalue weighted by Crippen LogP contribution is 2.20. The summed E-state index contributed by atoms with van der Waals surface area (Å²) in [4.78, 5) is 27.9. The van der Waals surface area contributed by atoms with Crippen molar-refractivity contribution < 1.29 is 14.7 Å². The molecule has 3 aromatic rings. The summed E-state index contributed by atoms with van der Waals surface area (Å²) < 4.78 is 0. The monoisotopic (exact) mass is 361 g/mol. The number of hydrogen-bond acceptors (Lipinski definition) is 5. The Morgan fingerprint density at radius 2 is 1.56 bits per heavy atom. The molecule has 0 aliphatic rings. The summed E-state index contributed by atoms with van der Waals surface area (Å²) in [5.74, 6) is -0.636. The van der Waals surface area contributed by atoms with Gasteiger partial charge in [-0.05, 0) is 47.5 Å². The number of nitrogens with zero attached hydrogens (tertiary/aromatic N) is 1. The Hall–Kier alpha value is -3.51. The maximum atomic E-state index is 12.2. The quantitative estimate of drug-likeness (QED) is 0.563. The number of Topliss-reactive ketones (excluding diaryl/α,β-unsaturated/α-hetero) is 1. The van der Waals surface area contributed by atoms with Gasteiger partial charge in [-0.15, -0.1) is 0 Å². The van der Waals surface area contributed by atoms with E-state index in [0.717, 1.165) is 11.1 Å². The zero-order valence-electron chi connectivity index (χ0n) is 14.6. The minimum Gasteiger partial charge on any atom is -0.388 e. The number of carbonyl (C=O) groups is 2. The van der Waals surface area contributed by atoms with Crippen LogP contribution in [0, 0.1) is 0 Å². The smallest absolute Gasteiger partial charge is 0.243 e. The first kappa shape index (κ1) is 18.3. The minimum atomic E-state index is -0.575. The lowest BCUT2D eigenvalue weighted by atomic mass is 10.1. The third kappa shape index (κ3) is 4.77. The highest BCUT2D eigenvalue weighted by Gasteiger charge is 2.10. The molecule has 6 heteroatoms. The van der Waals surface area contributed by atoms with Gasteiger partial charge in [0.05, 0.1) is 6.54 Å². The molecule has 1 amide bonds. The number of benzene rings is 2. The van der Waals surface area contributed by atoms with Crippen molar-refractivity contribution in [2.45, 2.75) is 0 Å². The van der Waals surface area contributed by atoms with Crippen molar-refractivity contribution in [3.8, 4) is 11.1 Å². The second kappa shape index (κ2) is 8.73. The average molecular weight is 361 g/mol. The number of pyridine rings is 1. The molecule has 0 unspecified atom stereocenters. The lowest BCUT2D eigenvalue weighted by Crippen LogP contribution is -2.22. The molecule has 3 N–H and O–H groups in total. The third-order valence-corrected chi connectivity index (χ3v) is 3.99. The summed E-state index contributed by atoms with van der Waals surface area (Å²) in [5, 5.41) is 14.8. The summed E-state index contributed by atoms with van der Waals surface area (Å²) in [6.45, 7) is -0.573. The van der Waals surface area contributed by atoms with Crippen LogP contribution in [0.15, 0.2) is 73.1 Å². The van der Waals surface area contributed by atoms with E-state index in [4.69, 9.17) is 5.11 Å². The molecular weight excluding hydrogens is 342 g/mol. The number of aromatic nitrogens is 1. The van der Waals surface area contributed by atoms with Crippen molar-refractivity contribution in [1.82, 2.24) is 4.98 Å². The zero-order valence-corrected chi connectivity index (χ0v) is 14.6. The maximum Gasteiger partial charge on any atom is 0.243 e. The second-order valence-electron chi connectivity index (χ2n) is 5.84. The Morgan fingerprint density at radius 1 is 0.889 bits per heavy atom. The fourth-order valence-electron chi connectivity index (χ4n) is 2.64. The molecule has 2 aromatic carbocycles. The molecule has 6 nitrogen and oxygen atoms in total. The van der Waals surface area contributed by atoms with Crippen molar-refractivity contribution in [3.05, 3.63) is 78.6 Å². The standard InChI is InChI=1S/C21H19N3O3/c25-14-20(26)18-3-1-2-4-19(18)23-13-21(27)24-17-7-5-15(6-8-17)16-9-11-22-12-10-16/h1-12,23,25H,13-14H2,(H,24,27). The maximum absolute atomic E-state index is 12.2. The molecule has 0 spiro atoms. The number of rotatable bonds is 7. The van der Waals surface area contributed by atoms with Gasteiger partial charge in [0.1, 0.15) is 6.61 Å². The molecule has 0 atom stereocenters. The van der Waals surface area contributed by atoms with Crippen LogP contribution in [-0.2, 0) is 4.79 Å². The number of anilines is 2. The Bertz CT molecular complexity index is 925. The highest BCUT2D eigenvalue weighted by molar-refractivity contribution is 6.02. The van der Waals surface area contributed by atoms with Crippen LogP contribution in [0.5, 0.6) is 0 Å². The molecule has 27 heavy (non-hydrogen) atoms. The van der Waals surface area contributed by atoms with Gasteiger partial charge in [0, 0.05) is 29.3 Å². The molecule has 0 saturated heterocycles. The number of aliphatic hydroxyl groups excluding tert-OH is 1. The first-order chi connectivity index (χ1) is 13.2. The van der Waals surface area contributed by atoms with Gasteiger partial charge in [0.15, 0.2) is 5.78 Å². The Labute approximate surface area is 156 Å². The van der Waals surface area contributed by atoms with E-state index >= 15 is 0 Å². The Kier molecular flexibility index (Phi) is 5.91. The second-order valence-corrected chi connectivity index (χ2v) is 5.84. The third-order valence-electron chi connectivity index (χ3n) is 3.99. The summed E-state index contributed by atoms with van der Waals surface area (Å²) in [6.07, 6.45) is 3.46. The first-order valence-corrected chi connectivity index (χ1v) is 8.44. The Balaban J connectivity index is 1.60. The summed E-state index contributed by atoms with van der Waals surface area (Å²) in [7, 11) is 0. The van der Waals surface area contributed by atoms with Crippen LogP contribution in [0.3, 0.4) is 0 Å². The molecule has 0 bridgehead atoms. The summed E-state index contributed by atoms with van der Waals surface area (Å²) >= 11 is 0. The van der Waals surface area contributed by atoms with Gasteiger partial charge in [-0.1, -0.05) is 24.3 Å². The van der Waals surface area contributed by atoms with E-state index in [1.54, 1.807) is 36.7 Å². The highest BCUT2D eigenvalue weighted by atomic mass is 16.3. The molecule has 136 valence electrons. The van der Waals surface area contributed by atoms with Crippen LogP contribution in [0.25, 0.3) is 11.1 Å². The van der Waals surface area contributed by atoms with Gasteiger partial charge in [-0.25, -0.2) is 0 Å². The molecular formula is C21H19N3O3. The average Bonchev–Trinajstić information content (AvgIpc) is 2.73. The predicted octanol–water partition coefficient (Wildman–Crippen LogP) is 2.97. The van der Waals surface area contributed by atoms with E-state index in [1.165, 1.54) is 0 Å². The lowest BCUT2D eigenvalue weighted by molar-refractivity contribution is -0.114. The number of aliphatic hydroxyl groups is 1. The van der Waals surface area contributed by atoms with Crippen molar-refractivity contribution in [2.24, 2.45) is 0 Å². The van der Waals surface area contributed by atoms with E-state index in [-0.39, 0.29) is 12.5 Å². The van der Waals surface area contributed by atoms with Gasteiger partial charge in [0.2, 0.25) is 5.91 Å². The van der Waals surface area contributed by atoms with E-state index in [1.807, 2.05) is 36.4 Å². The molecule has 0 aliphatic carbocycles. The van der Waals surface area contributed by atoms with E-state index in [9.17, 15) is 9.59 Å². The van der Waals surface area contributed by atoms with Crippen LogP contribution in [0.2, 0.25) is 0 Å². The topological polar surface area (TPSA) is 91.3 Å². The lowest BCUT2D eigenvalue weighted by Gasteiger charge is -2.11. The molecule has 0 fully saturated rings. The van der Waals surface area contributed by atoms with Crippen LogP contribution in [0.1, 0.15) is 10.4 Å². The number of para-hydroxylation sites is 1. The SMILES string of the molecule is O=C(CNc1ccccc1C(=O)CO)Nc1ccc(-c2ccncc2)cc1. The fraction of sp³-hybridized carbons (Fsp3) is 0.0952. The zero-order chi connectivity index (χ0) is 19.1. The molecule has 0 radical (unpaired) electrons. The van der Waals surface area contributed by atoms with Crippen molar-refractivity contribution in [3.63, 3.8) is 0 Å². The van der Waals surface area contributed by atoms with Crippen molar-refractivity contribution in [2.75, 3.05) is 23.8 Å². The van der Waals surface area contributed by atoms with Crippen molar-refractivity contribution >= 4 is 23.1 Å². The predicted molar refractivity (Wildman–Crippen MR) is 105 cm³/mol. The Morgan fingerprint density at radius 3 is 2.26 bits per heavy atom. The van der Waals surface area contributed by atoms with Gasteiger partial charge < -0.3 is 15.7 Å². The van der Waals surface area contributed by atoms with Crippen LogP contribution in [-0.4, -0.2) is 34.9 Å². The fourth-order valence-corrected chi connectivity index (χ4v) is 2.64. The van der Waals surface area contributed by atoms with Gasteiger partial charge >= 0.3 is 0 Å². The van der Waals surface area contributed by atoms with Crippen LogP contribution >= 0.6 is 0 Å². The van der Waals surface area contributed by atoms with E-state index in [0.29, 0.717) is 16.9 Å². The molecule has 1 heterocycles. The van der Waals surface area contributed by atoms with E-state index < -0.39 is 12.4 Å². The summed E-state index contributed by atoms with van der Waals surface area (Å²) in [5.41, 5.74) is 3.63. The van der Waals surface area contributed by atoms with Crippen LogP contribution in [0.4, 0.5) is 11.4 Å². The number of nitrogens with one attached hydrogen (secondary N) is 2. The largest absolute Gasteiger partial charge is 0.388 e. The van der Waals surface area contributed by atoms with Gasteiger partial charge in [-0.3, -0.25) is 14.6 Å². The minimum absolute atomic E-state index is 0.00181. The first-order valence-electron chi connectivity index (χ1n) is 8.44. The van der Waals surface area contributed by atoms with Crippen LogP contribution < -0.4 is 10.6 Å². The summed E-state index contributed by atoms with van der Waals surface area (Å²) in [6, 6.07) is 18.1. The molecule has 1 aromatic heterocycles. The normalized spacial score (nSPS) is 10.3.